The first-order valence-corrected chi connectivity index (χ1v) is 13.5. The van der Waals surface area contributed by atoms with Gasteiger partial charge in [-0.05, 0) is 81.1 Å². The van der Waals surface area contributed by atoms with E-state index in [0.717, 1.165) is 18.4 Å². The van der Waals surface area contributed by atoms with Gasteiger partial charge in [-0.2, -0.15) is 0 Å². The number of alkyl halides is 3. The summed E-state index contributed by atoms with van der Waals surface area (Å²) in [5, 5.41) is 15.1. The van der Waals surface area contributed by atoms with E-state index in [4.69, 9.17) is 27.2 Å². The monoisotopic (exact) mass is 573 g/mol. The first-order valence-electron chi connectivity index (χ1n) is 11.5. The summed E-state index contributed by atoms with van der Waals surface area (Å²) < 4.78 is 49.4. The van der Waals surface area contributed by atoms with Crippen molar-refractivity contribution in [3.05, 3.63) is 40.2 Å². The van der Waals surface area contributed by atoms with E-state index in [2.05, 4.69) is 4.72 Å². The second kappa shape index (κ2) is 10.5. The van der Waals surface area contributed by atoms with Crippen LogP contribution in [0, 0.1) is 10.8 Å². The van der Waals surface area contributed by atoms with Crippen LogP contribution in [0.2, 0.25) is 5.02 Å². The highest BCUT2D eigenvalue weighted by atomic mass is 35.5. The van der Waals surface area contributed by atoms with Gasteiger partial charge in [-0.25, -0.2) is 18.0 Å². The third-order valence-corrected chi connectivity index (χ3v) is 7.85. The maximum absolute atomic E-state index is 13.3. The summed E-state index contributed by atoms with van der Waals surface area (Å²) in [7, 11) is 0. The third-order valence-electron chi connectivity index (χ3n) is 5.75. The van der Waals surface area contributed by atoms with E-state index in [1.165, 1.54) is 11.9 Å². The van der Waals surface area contributed by atoms with E-state index in [-0.39, 0.29) is 10.7 Å². The number of likely N-dealkylation sites (tertiary alicyclic amines) is 1. The molecular weight excluding hydrogens is 547 g/mol. The molecule has 0 aromatic carbocycles. The Morgan fingerprint density at radius 2 is 1.97 bits per heavy atom. The minimum atomic E-state index is -2.98. The number of rotatable bonds is 7. The predicted octanol–water partition coefficient (Wildman–Crippen LogP) is 6.63. The molecule has 0 unspecified atom stereocenters. The first kappa shape index (κ1) is 27.9. The molecule has 1 saturated carbocycles. The van der Waals surface area contributed by atoms with Crippen molar-refractivity contribution in [2.45, 2.75) is 56.1 Å². The van der Waals surface area contributed by atoms with E-state index in [0.29, 0.717) is 45.8 Å². The highest BCUT2D eigenvalue weighted by Gasteiger charge is 2.43. The molecule has 0 spiro atoms. The molecule has 1 aliphatic heterocycles. The van der Waals surface area contributed by atoms with Crippen LogP contribution >= 0.6 is 35.3 Å². The molecule has 2 aromatic rings. The van der Waals surface area contributed by atoms with E-state index in [1.807, 2.05) is 6.08 Å². The van der Waals surface area contributed by atoms with Crippen molar-refractivity contribution in [1.82, 2.24) is 14.0 Å². The molecule has 4 rings (SSSR count). The van der Waals surface area contributed by atoms with Crippen LogP contribution in [0.5, 0.6) is 0 Å². The van der Waals surface area contributed by atoms with Crippen molar-refractivity contribution in [3.63, 3.8) is 0 Å². The molecule has 200 valence electrons. The van der Waals surface area contributed by atoms with Crippen LogP contribution in [0.4, 0.5) is 18.0 Å². The Balaban J connectivity index is 1.63. The summed E-state index contributed by atoms with van der Waals surface area (Å²) in [5.74, 6) is 0. The lowest BCUT2D eigenvalue weighted by atomic mass is 10.1. The fourth-order valence-electron chi connectivity index (χ4n) is 3.63. The van der Waals surface area contributed by atoms with Crippen molar-refractivity contribution in [1.29, 1.82) is 10.8 Å². The lowest BCUT2D eigenvalue weighted by Crippen LogP contribution is -2.46. The molecule has 2 aliphatic rings. The van der Waals surface area contributed by atoms with Gasteiger partial charge in [-0.15, -0.1) is 0 Å². The van der Waals surface area contributed by atoms with Gasteiger partial charge in [0.15, 0.2) is 0 Å². The molecule has 0 bridgehead atoms. The largest absolute Gasteiger partial charge is 0.444 e. The maximum atomic E-state index is 13.3. The van der Waals surface area contributed by atoms with E-state index in [1.54, 1.807) is 48.4 Å². The Labute approximate surface area is 226 Å². The number of nitrogens with one attached hydrogen (secondary N) is 3. The summed E-state index contributed by atoms with van der Waals surface area (Å²) in [6, 6.07) is 3.38. The van der Waals surface area contributed by atoms with Crippen LogP contribution in [0.3, 0.4) is 0 Å². The Morgan fingerprint density at radius 3 is 2.54 bits per heavy atom. The molecule has 1 amide bonds. The topological polar surface area (TPSA) is 93.7 Å². The zero-order valence-electron chi connectivity index (χ0n) is 20.5. The van der Waals surface area contributed by atoms with Crippen molar-refractivity contribution < 1.29 is 22.7 Å². The average molecular weight is 574 g/mol. The number of carbonyl (C=O) groups excluding carboxylic acids is 1. The van der Waals surface area contributed by atoms with Gasteiger partial charge in [-0.3, -0.25) is 15.5 Å². The number of carbonyl (C=O) groups is 1. The average Bonchev–Trinajstić information content (AvgIpc) is 3.46. The van der Waals surface area contributed by atoms with E-state index >= 15 is 0 Å². The normalized spacial score (nSPS) is 16.6. The number of fused-ring (bicyclic) bond motifs is 1. The zero-order chi connectivity index (χ0) is 27.1. The minimum absolute atomic E-state index is 0.234. The molecule has 1 aliphatic carbocycles. The van der Waals surface area contributed by atoms with Crippen LogP contribution < -0.4 is 4.72 Å². The number of aromatic nitrogens is 1. The first-order chi connectivity index (χ1) is 17.3. The Hall–Kier alpha value is -2.15. The van der Waals surface area contributed by atoms with Gasteiger partial charge in [-0.1, -0.05) is 11.6 Å². The van der Waals surface area contributed by atoms with E-state index in [9.17, 15) is 18.0 Å². The van der Waals surface area contributed by atoms with Crippen LogP contribution in [-0.4, -0.2) is 62.8 Å². The summed E-state index contributed by atoms with van der Waals surface area (Å²) in [5.41, 5.74) is 1.29. The Kier molecular flexibility index (Phi) is 7.95. The molecule has 2 aromatic heterocycles. The van der Waals surface area contributed by atoms with Crippen molar-refractivity contribution in [2.24, 2.45) is 0 Å². The number of ether oxygens (including phenoxy) is 1. The minimum Gasteiger partial charge on any atom is -0.444 e. The lowest BCUT2D eigenvalue weighted by Gasteiger charge is -2.35. The number of halogens is 4. The fraction of sp³-hybridized carbons (Fsp3) is 0.458. The van der Waals surface area contributed by atoms with Crippen molar-refractivity contribution in [2.75, 3.05) is 19.8 Å². The zero-order valence-corrected chi connectivity index (χ0v) is 22.9. The Morgan fingerprint density at radius 1 is 1.30 bits per heavy atom. The van der Waals surface area contributed by atoms with Crippen LogP contribution in [-0.2, 0) is 4.74 Å². The number of nitrogens with zero attached hydrogens (tertiary/aromatic N) is 2. The second-order valence-corrected chi connectivity index (χ2v) is 12.4. The quantitative estimate of drug-likeness (QED) is 0.196. The molecule has 7 nitrogen and oxygen atoms in total. The molecule has 3 heterocycles. The van der Waals surface area contributed by atoms with Gasteiger partial charge in [0, 0.05) is 29.7 Å². The molecular formula is C24H27ClF3N5O2S2. The fourth-order valence-corrected chi connectivity index (χ4v) is 5.51. The maximum Gasteiger partial charge on any atom is 0.410 e. The van der Waals surface area contributed by atoms with Crippen LogP contribution in [0.15, 0.2) is 28.8 Å². The second-order valence-electron chi connectivity index (χ2n) is 10.1. The number of hydrogen-bond acceptors (Lipinski definition) is 7. The summed E-state index contributed by atoms with van der Waals surface area (Å²) >= 11 is 8.24. The Bertz CT molecular complexity index is 1280. The number of thioether (sulfide) groups is 1. The number of amides is 1. The van der Waals surface area contributed by atoms with E-state index < -0.39 is 35.4 Å². The predicted molar refractivity (Wildman–Crippen MR) is 143 cm³/mol. The third kappa shape index (κ3) is 6.47. The number of hydrogen-bond donors (Lipinski definition) is 3. The SMILES string of the molecule is CC(C)(C)OC(=O)N1CC(=Cc2cc(C(=N)SC(=N)C(F)F)n3cc(SNC4(CF)CC4)cc(Cl)c23)C1. The standard InChI is InChI=1S/C24H27ClF3N5O2S2/c1-23(2,3)35-22(34)32-9-13(10-32)6-14-7-17(20(29)36-21(30)19(27)28)33-11-15(8-16(25)18(14)33)37-31-24(12-26)4-5-24/h6-8,11,19,29-31H,4-5,9-10,12H2,1-3H3. The summed E-state index contributed by atoms with van der Waals surface area (Å²) in [6.07, 6.45) is 1.63. The highest BCUT2D eigenvalue weighted by Crippen LogP contribution is 2.40. The molecule has 0 atom stereocenters. The van der Waals surface area contributed by atoms with Gasteiger partial charge in [0.05, 0.1) is 21.8 Å². The van der Waals surface area contributed by atoms with Gasteiger partial charge < -0.3 is 14.0 Å². The molecule has 0 radical (unpaired) electrons. The van der Waals surface area contributed by atoms with Gasteiger partial charge in [0.25, 0.3) is 6.43 Å². The van der Waals surface area contributed by atoms with Gasteiger partial charge in [0.2, 0.25) is 0 Å². The van der Waals surface area contributed by atoms with Crippen LogP contribution in [0.1, 0.15) is 44.9 Å². The smallest absolute Gasteiger partial charge is 0.410 e. The number of pyridine rings is 1. The van der Waals surface area contributed by atoms with Crippen molar-refractivity contribution in [3.8, 4) is 0 Å². The molecule has 2 fully saturated rings. The lowest BCUT2D eigenvalue weighted by molar-refractivity contribution is 0.0216. The van der Waals surface area contributed by atoms with Crippen molar-refractivity contribution >= 4 is 63.1 Å². The molecule has 37 heavy (non-hydrogen) atoms. The molecule has 1 saturated heterocycles. The molecule has 13 heteroatoms. The van der Waals surface area contributed by atoms with Crippen LogP contribution in [0.25, 0.3) is 11.6 Å². The van der Waals surface area contributed by atoms with Gasteiger partial charge in [0.1, 0.15) is 22.4 Å². The summed E-state index contributed by atoms with van der Waals surface area (Å²) in [6.45, 7) is 5.63. The van der Waals surface area contributed by atoms with Gasteiger partial charge >= 0.3 is 6.09 Å². The highest BCUT2D eigenvalue weighted by molar-refractivity contribution is 8.26. The molecule has 3 N–H and O–H groups in total. The summed E-state index contributed by atoms with van der Waals surface area (Å²) in [4.78, 5) is 14.5.